The van der Waals surface area contributed by atoms with Crippen molar-refractivity contribution in [3.05, 3.63) is 21.9 Å². The van der Waals surface area contributed by atoms with Gasteiger partial charge in [0.15, 0.2) is 0 Å². The fraction of sp³-hybridized carbons (Fsp3) is 0.667. The Labute approximate surface area is 101 Å². The highest BCUT2D eigenvalue weighted by Gasteiger charge is 2.19. The molecule has 3 nitrogen and oxygen atoms in total. The van der Waals surface area contributed by atoms with Crippen LogP contribution in [0.5, 0.6) is 0 Å². The molecule has 2 unspecified atom stereocenters. The molecule has 16 heavy (non-hydrogen) atoms. The van der Waals surface area contributed by atoms with E-state index in [9.17, 15) is 0 Å². The Kier molecular flexibility index (Phi) is 4.35. The van der Waals surface area contributed by atoms with Gasteiger partial charge in [0.25, 0.3) is 0 Å². The maximum atomic E-state index is 5.88. The molecule has 2 N–H and O–H groups in total. The van der Waals surface area contributed by atoms with Crippen molar-refractivity contribution in [2.75, 3.05) is 26.4 Å². The predicted octanol–water partition coefficient (Wildman–Crippen LogP) is 2.11. The zero-order valence-corrected chi connectivity index (χ0v) is 10.5. The van der Waals surface area contributed by atoms with E-state index in [4.69, 9.17) is 15.2 Å². The van der Waals surface area contributed by atoms with Gasteiger partial charge in [-0.2, -0.15) is 0 Å². The van der Waals surface area contributed by atoms with Crippen molar-refractivity contribution in [3.8, 4) is 0 Å². The fourth-order valence-corrected chi connectivity index (χ4v) is 2.80. The Hall–Kier alpha value is -0.420. The maximum absolute atomic E-state index is 5.88. The van der Waals surface area contributed by atoms with E-state index in [2.05, 4.69) is 19.1 Å². The lowest BCUT2D eigenvalue weighted by molar-refractivity contribution is 0.0321. The zero-order chi connectivity index (χ0) is 11.4. The summed E-state index contributed by atoms with van der Waals surface area (Å²) in [7, 11) is 0. The summed E-state index contributed by atoms with van der Waals surface area (Å²) < 4.78 is 11.2. The van der Waals surface area contributed by atoms with Gasteiger partial charge >= 0.3 is 0 Å². The van der Waals surface area contributed by atoms with Gasteiger partial charge in [-0.25, -0.2) is 0 Å². The molecule has 1 saturated heterocycles. The average molecular weight is 241 g/mol. The summed E-state index contributed by atoms with van der Waals surface area (Å²) in [5.74, 6) is 0.551. The quantitative estimate of drug-likeness (QED) is 0.858. The summed E-state index contributed by atoms with van der Waals surface area (Å²) in [5, 5.41) is 0. The molecule has 0 bridgehead atoms. The summed E-state index contributed by atoms with van der Waals surface area (Å²) in [4.78, 5) is 2.54. The van der Waals surface area contributed by atoms with Gasteiger partial charge in [-0.05, 0) is 25.5 Å². The van der Waals surface area contributed by atoms with Crippen LogP contribution in [0.1, 0.15) is 22.3 Å². The van der Waals surface area contributed by atoms with Crippen molar-refractivity contribution in [1.29, 1.82) is 0 Å². The number of hydrogen-bond donors (Lipinski definition) is 1. The van der Waals surface area contributed by atoms with Crippen molar-refractivity contribution in [1.82, 2.24) is 0 Å². The Balaban J connectivity index is 1.85. The highest BCUT2D eigenvalue weighted by molar-refractivity contribution is 7.12. The first-order valence-electron chi connectivity index (χ1n) is 5.75. The molecule has 1 aliphatic rings. The normalized spacial score (nSPS) is 22.5. The lowest BCUT2D eigenvalue weighted by Crippen LogP contribution is -2.19. The Morgan fingerprint density at radius 3 is 3.06 bits per heavy atom. The summed E-state index contributed by atoms with van der Waals surface area (Å²) >= 11 is 1.77. The second-order valence-corrected chi connectivity index (χ2v) is 5.56. The molecular formula is C12H19NO2S. The molecule has 1 fully saturated rings. The Morgan fingerprint density at radius 1 is 1.62 bits per heavy atom. The van der Waals surface area contributed by atoms with Gasteiger partial charge in [0.1, 0.15) is 6.10 Å². The van der Waals surface area contributed by atoms with Crippen LogP contribution < -0.4 is 5.73 Å². The van der Waals surface area contributed by atoms with Gasteiger partial charge in [0.05, 0.1) is 13.2 Å². The van der Waals surface area contributed by atoms with E-state index < -0.39 is 0 Å². The third-order valence-corrected chi connectivity index (χ3v) is 3.94. The lowest BCUT2D eigenvalue weighted by Gasteiger charge is -2.16. The highest BCUT2D eigenvalue weighted by atomic mass is 32.1. The van der Waals surface area contributed by atoms with Crippen molar-refractivity contribution < 1.29 is 9.47 Å². The van der Waals surface area contributed by atoms with Crippen LogP contribution >= 0.6 is 11.3 Å². The largest absolute Gasteiger partial charge is 0.381 e. The first-order chi connectivity index (χ1) is 7.79. The fourth-order valence-electron chi connectivity index (χ4n) is 1.86. The van der Waals surface area contributed by atoms with Gasteiger partial charge in [0.2, 0.25) is 0 Å². The van der Waals surface area contributed by atoms with Crippen LogP contribution in [0.15, 0.2) is 12.1 Å². The highest BCUT2D eigenvalue weighted by Crippen LogP contribution is 2.26. The van der Waals surface area contributed by atoms with Crippen LogP contribution in [0.3, 0.4) is 0 Å². The number of aryl methyl sites for hydroxylation is 1. The molecule has 90 valence electrons. The van der Waals surface area contributed by atoms with Crippen molar-refractivity contribution in [3.63, 3.8) is 0 Å². The Morgan fingerprint density at radius 2 is 2.50 bits per heavy atom. The molecule has 0 aromatic carbocycles. The third kappa shape index (κ3) is 3.04. The van der Waals surface area contributed by atoms with Crippen LogP contribution in [-0.4, -0.2) is 26.4 Å². The average Bonchev–Trinajstić information content (AvgIpc) is 2.91. The number of ether oxygens (including phenoxy) is 2. The molecule has 0 radical (unpaired) electrons. The van der Waals surface area contributed by atoms with E-state index in [1.54, 1.807) is 11.3 Å². The summed E-state index contributed by atoms with van der Waals surface area (Å²) in [6, 6.07) is 4.23. The summed E-state index contributed by atoms with van der Waals surface area (Å²) in [5.41, 5.74) is 5.75. The standard InChI is InChI=1S/C12H19NO2S/c1-9-2-3-12(16-9)11(6-13)15-8-10-4-5-14-7-10/h2-3,10-11H,4-8,13H2,1H3. The smallest absolute Gasteiger partial charge is 0.104 e. The van der Waals surface area contributed by atoms with E-state index >= 15 is 0 Å². The van der Waals surface area contributed by atoms with E-state index in [-0.39, 0.29) is 6.10 Å². The SMILES string of the molecule is Cc1ccc(C(CN)OCC2CCOC2)s1. The summed E-state index contributed by atoms with van der Waals surface area (Å²) in [6.45, 7) is 5.12. The van der Waals surface area contributed by atoms with Gasteiger partial charge in [-0.15, -0.1) is 11.3 Å². The van der Waals surface area contributed by atoms with Crippen LogP contribution in [-0.2, 0) is 9.47 Å². The Bertz CT molecular complexity index is 321. The number of hydrogen-bond acceptors (Lipinski definition) is 4. The predicted molar refractivity (Wildman–Crippen MR) is 65.7 cm³/mol. The third-order valence-electron chi connectivity index (χ3n) is 2.85. The lowest BCUT2D eigenvalue weighted by atomic mass is 10.1. The van der Waals surface area contributed by atoms with Crippen molar-refractivity contribution >= 4 is 11.3 Å². The second kappa shape index (κ2) is 5.77. The van der Waals surface area contributed by atoms with Gasteiger partial charge in [0, 0.05) is 28.8 Å². The molecule has 0 amide bonds. The van der Waals surface area contributed by atoms with E-state index in [1.807, 2.05) is 0 Å². The van der Waals surface area contributed by atoms with E-state index in [0.29, 0.717) is 12.5 Å². The molecule has 0 aliphatic carbocycles. The minimum Gasteiger partial charge on any atom is -0.381 e. The monoisotopic (exact) mass is 241 g/mol. The van der Waals surface area contributed by atoms with Crippen LogP contribution in [0.4, 0.5) is 0 Å². The summed E-state index contributed by atoms with van der Waals surface area (Å²) in [6.07, 6.45) is 1.17. The van der Waals surface area contributed by atoms with Gasteiger partial charge in [-0.1, -0.05) is 0 Å². The zero-order valence-electron chi connectivity index (χ0n) is 9.65. The van der Waals surface area contributed by atoms with E-state index in [1.165, 1.54) is 9.75 Å². The van der Waals surface area contributed by atoms with Gasteiger partial charge < -0.3 is 15.2 Å². The molecule has 1 aromatic heterocycles. The van der Waals surface area contributed by atoms with Gasteiger partial charge in [-0.3, -0.25) is 0 Å². The molecule has 1 aromatic rings. The first kappa shape index (κ1) is 12.0. The molecule has 0 spiro atoms. The van der Waals surface area contributed by atoms with Crippen molar-refractivity contribution in [2.45, 2.75) is 19.4 Å². The van der Waals surface area contributed by atoms with E-state index in [0.717, 1.165) is 26.2 Å². The second-order valence-electron chi connectivity index (χ2n) is 4.24. The minimum absolute atomic E-state index is 0.0549. The molecule has 2 atom stereocenters. The van der Waals surface area contributed by atoms with Crippen LogP contribution in [0.2, 0.25) is 0 Å². The number of nitrogens with two attached hydrogens (primary N) is 1. The molecule has 4 heteroatoms. The molecule has 2 heterocycles. The van der Waals surface area contributed by atoms with Crippen molar-refractivity contribution in [2.24, 2.45) is 11.7 Å². The maximum Gasteiger partial charge on any atom is 0.104 e. The first-order valence-corrected chi connectivity index (χ1v) is 6.57. The molecule has 1 aliphatic heterocycles. The van der Waals surface area contributed by atoms with Crippen LogP contribution in [0, 0.1) is 12.8 Å². The number of thiophene rings is 1. The minimum atomic E-state index is 0.0549. The number of rotatable bonds is 5. The molecule has 2 rings (SSSR count). The molecule has 0 saturated carbocycles. The van der Waals surface area contributed by atoms with Crippen LogP contribution in [0.25, 0.3) is 0 Å². The topological polar surface area (TPSA) is 44.5 Å². The molecular weight excluding hydrogens is 222 g/mol.